The van der Waals surface area contributed by atoms with Gasteiger partial charge in [0.1, 0.15) is 12.1 Å². The number of aliphatic carboxylic acids is 1. The van der Waals surface area contributed by atoms with Gasteiger partial charge in [0, 0.05) is 13.0 Å². The van der Waals surface area contributed by atoms with E-state index in [1.165, 1.54) is 70.6 Å². The van der Waals surface area contributed by atoms with Crippen LogP contribution in [0.25, 0.3) is 0 Å². The highest BCUT2D eigenvalue weighted by Gasteiger charge is 2.27. The number of hydrogen-bond acceptors (Lipinski definition) is 8. The van der Waals surface area contributed by atoms with Gasteiger partial charge in [0.25, 0.3) is 0 Å². The third kappa shape index (κ3) is 43.5. The number of carbonyl (C=O) groups excluding carboxylic acids is 1. The first-order chi connectivity index (χ1) is 29.2. The third-order valence-electron chi connectivity index (χ3n) is 9.72. The van der Waals surface area contributed by atoms with Crippen molar-refractivity contribution in [3.8, 4) is 0 Å². The summed E-state index contributed by atoms with van der Waals surface area (Å²) < 4.78 is 33.4. The van der Waals surface area contributed by atoms with E-state index in [-0.39, 0.29) is 13.0 Å². The molecule has 0 aliphatic carbocycles. The molecule has 0 amide bonds. The number of hydrogen-bond donors (Lipinski definition) is 3. The number of carboxylic acid groups (broad SMARTS) is 1. The van der Waals surface area contributed by atoms with Gasteiger partial charge >= 0.3 is 19.8 Å². The molecule has 0 aromatic heterocycles. The SMILES string of the molecule is CC/C=C\C/C=C\C/C=C\C/C=C\C/C=C\CCCCCCOCC(COP(=O)(O)OCC(N)C(=O)O)OC(=O)CCCCCCCCC/C=C\CCCCCCCCC. The molecule has 11 heteroatoms. The summed E-state index contributed by atoms with van der Waals surface area (Å²) in [5, 5.41) is 8.91. The Morgan fingerprint density at radius 3 is 1.47 bits per heavy atom. The fourth-order valence-corrected chi connectivity index (χ4v) is 6.87. The largest absolute Gasteiger partial charge is 0.480 e. The molecule has 3 atom stereocenters. The Balaban J connectivity index is 4.27. The Morgan fingerprint density at radius 2 is 0.967 bits per heavy atom. The Kier molecular flexibility index (Phi) is 42.5. The molecular formula is C49H86NO9P. The highest BCUT2D eigenvalue weighted by atomic mass is 31.2. The minimum Gasteiger partial charge on any atom is -0.480 e. The lowest BCUT2D eigenvalue weighted by atomic mass is 10.1. The van der Waals surface area contributed by atoms with Crippen molar-refractivity contribution in [1.29, 1.82) is 0 Å². The van der Waals surface area contributed by atoms with Gasteiger partial charge in [-0.05, 0) is 83.5 Å². The lowest BCUT2D eigenvalue weighted by molar-refractivity contribution is -0.154. The minimum atomic E-state index is -4.63. The molecule has 0 aromatic carbocycles. The zero-order valence-electron chi connectivity index (χ0n) is 37.8. The third-order valence-corrected chi connectivity index (χ3v) is 10.7. The molecule has 0 saturated heterocycles. The van der Waals surface area contributed by atoms with Gasteiger partial charge < -0.3 is 25.2 Å². The van der Waals surface area contributed by atoms with Crippen molar-refractivity contribution in [2.45, 2.75) is 199 Å². The van der Waals surface area contributed by atoms with E-state index < -0.39 is 45.1 Å². The summed E-state index contributed by atoms with van der Waals surface area (Å²) in [4.78, 5) is 33.6. The Bertz CT molecular complexity index is 1230. The van der Waals surface area contributed by atoms with Crippen LogP contribution in [0.3, 0.4) is 0 Å². The molecular weight excluding hydrogens is 778 g/mol. The number of phosphoric acid groups is 1. The maximum absolute atomic E-state index is 12.7. The van der Waals surface area contributed by atoms with Crippen LogP contribution in [0.2, 0.25) is 0 Å². The van der Waals surface area contributed by atoms with Crippen LogP contribution in [0, 0.1) is 0 Å². The predicted molar refractivity (Wildman–Crippen MR) is 249 cm³/mol. The molecule has 0 aliphatic heterocycles. The lowest BCUT2D eigenvalue weighted by Gasteiger charge is -2.20. The van der Waals surface area contributed by atoms with Crippen LogP contribution < -0.4 is 5.73 Å². The second kappa shape index (κ2) is 44.5. The summed E-state index contributed by atoms with van der Waals surface area (Å²) in [5.41, 5.74) is 5.36. The number of phosphoric ester groups is 1. The summed E-state index contributed by atoms with van der Waals surface area (Å²) >= 11 is 0. The van der Waals surface area contributed by atoms with Crippen LogP contribution >= 0.6 is 7.82 Å². The second-order valence-electron chi connectivity index (χ2n) is 15.5. The topological polar surface area (TPSA) is 155 Å². The minimum absolute atomic E-state index is 0.00523. The monoisotopic (exact) mass is 864 g/mol. The van der Waals surface area contributed by atoms with Crippen LogP contribution in [0.15, 0.2) is 72.9 Å². The molecule has 10 nitrogen and oxygen atoms in total. The van der Waals surface area contributed by atoms with Crippen molar-refractivity contribution in [3.05, 3.63) is 72.9 Å². The maximum atomic E-state index is 12.7. The van der Waals surface area contributed by atoms with Crippen molar-refractivity contribution in [1.82, 2.24) is 0 Å². The summed E-state index contributed by atoms with van der Waals surface area (Å²) in [6.45, 7) is 3.70. The van der Waals surface area contributed by atoms with Gasteiger partial charge in [-0.3, -0.25) is 18.6 Å². The molecule has 0 aromatic rings. The second-order valence-corrected chi connectivity index (χ2v) is 17.0. The number of unbranched alkanes of at least 4 members (excludes halogenated alkanes) is 18. The molecule has 0 aliphatic rings. The van der Waals surface area contributed by atoms with Crippen molar-refractivity contribution >= 4 is 19.8 Å². The first-order valence-electron chi connectivity index (χ1n) is 23.5. The fraction of sp³-hybridized carbons (Fsp3) is 0.714. The summed E-state index contributed by atoms with van der Waals surface area (Å²) in [6, 6.07) is -1.48. The molecule has 0 radical (unpaired) electrons. The first kappa shape index (κ1) is 57.4. The Hall–Kier alpha value is -2.59. The number of allylic oxidation sites excluding steroid dienone is 12. The molecule has 0 rings (SSSR count). The number of rotatable bonds is 44. The van der Waals surface area contributed by atoms with Crippen molar-refractivity contribution < 1.29 is 42.7 Å². The van der Waals surface area contributed by atoms with E-state index >= 15 is 0 Å². The summed E-state index contributed by atoms with van der Waals surface area (Å²) in [6.07, 6.45) is 55.2. The van der Waals surface area contributed by atoms with Crippen molar-refractivity contribution in [2.75, 3.05) is 26.4 Å². The highest BCUT2D eigenvalue weighted by molar-refractivity contribution is 7.47. The normalized spacial score (nSPS) is 14.5. The Morgan fingerprint density at radius 1 is 0.550 bits per heavy atom. The van der Waals surface area contributed by atoms with Crippen LogP contribution in [0.5, 0.6) is 0 Å². The standard InChI is InChI=1S/C49H86NO9P/c1-3-5-7-9-11-13-15-17-19-21-23-24-26-28-30-32-34-36-38-40-42-56-43-46(44-57-60(54,55)58-45-47(50)49(52)53)59-48(51)41-39-37-35-33-31-29-27-25-22-20-18-16-14-12-10-8-6-4-2/h5,7,11,13,17,19-20,22-24,28,30,46-47H,3-4,6,8-10,12,14-16,18,21,25-27,29,31-45,50H2,1-2H3,(H,52,53)(H,54,55)/b7-5-,13-11-,19-17-,22-20-,24-23-,30-28-. The van der Waals surface area contributed by atoms with Gasteiger partial charge in [-0.1, -0.05) is 170 Å². The predicted octanol–water partition coefficient (Wildman–Crippen LogP) is 13.4. The van der Waals surface area contributed by atoms with Crippen LogP contribution in [-0.2, 0) is 32.7 Å². The molecule has 0 heterocycles. The number of esters is 1. The van der Waals surface area contributed by atoms with Crippen LogP contribution in [-0.4, -0.2) is 60.5 Å². The van der Waals surface area contributed by atoms with E-state index in [1.807, 2.05) is 0 Å². The van der Waals surface area contributed by atoms with E-state index in [9.17, 15) is 19.0 Å². The molecule has 0 bridgehead atoms. The number of ether oxygens (including phenoxy) is 2. The number of nitrogens with two attached hydrogens (primary N) is 1. The molecule has 3 unspecified atom stereocenters. The summed E-state index contributed by atoms with van der Waals surface area (Å²) in [7, 11) is -4.63. The molecule has 0 spiro atoms. The molecule has 60 heavy (non-hydrogen) atoms. The summed E-state index contributed by atoms with van der Waals surface area (Å²) in [5.74, 6) is -1.80. The van der Waals surface area contributed by atoms with Gasteiger partial charge in [-0.2, -0.15) is 0 Å². The zero-order chi connectivity index (χ0) is 44.0. The zero-order valence-corrected chi connectivity index (χ0v) is 38.7. The Labute approximate surface area is 365 Å². The highest BCUT2D eigenvalue weighted by Crippen LogP contribution is 2.43. The van der Waals surface area contributed by atoms with Gasteiger partial charge in [0.2, 0.25) is 0 Å². The van der Waals surface area contributed by atoms with E-state index in [0.29, 0.717) is 13.0 Å². The van der Waals surface area contributed by atoms with E-state index in [4.69, 9.17) is 29.4 Å². The molecule has 4 N–H and O–H groups in total. The van der Waals surface area contributed by atoms with Gasteiger partial charge in [0.05, 0.1) is 19.8 Å². The van der Waals surface area contributed by atoms with Gasteiger partial charge in [-0.15, -0.1) is 0 Å². The van der Waals surface area contributed by atoms with E-state index in [1.54, 1.807) is 0 Å². The smallest absolute Gasteiger partial charge is 0.472 e. The van der Waals surface area contributed by atoms with Crippen LogP contribution in [0.4, 0.5) is 0 Å². The fourth-order valence-electron chi connectivity index (χ4n) is 6.09. The first-order valence-corrected chi connectivity index (χ1v) is 25.0. The quantitative estimate of drug-likeness (QED) is 0.0233. The van der Waals surface area contributed by atoms with E-state index in [0.717, 1.165) is 89.9 Å². The maximum Gasteiger partial charge on any atom is 0.472 e. The molecule has 0 saturated carbocycles. The van der Waals surface area contributed by atoms with Gasteiger partial charge in [0.15, 0.2) is 0 Å². The average Bonchev–Trinajstić information content (AvgIpc) is 3.23. The van der Waals surface area contributed by atoms with Gasteiger partial charge in [-0.25, -0.2) is 4.57 Å². The number of carbonyl (C=O) groups is 2. The average molecular weight is 864 g/mol. The van der Waals surface area contributed by atoms with Crippen LogP contribution in [0.1, 0.15) is 187 Å². The molecule has 0 fully saturated rings. The van der Waals surface area contributed by atoms with Crippen molar-refractivity contribution in [2.24, 2.45) is 5.73 Å². The molecule has 346 valence electrons. The van der Waals surface area contributed by atoms with Crippen molar-refractivity contribution in [3.63, 3.8) is 0 Å². The number of carboxylic acids is 1. The lowest BCUT2D eigenvalue weighted by Crippen LogP contribution is -2.34. The van der Waals surface area contributed by atoms with E-state index in [2.05, 4.69) is 86.8 Å².